The molecule has 0 aliphatic carbocycles. The van der Waals surface area contributed by atoms with Gasteiger partial charge < -0.3 is 11.5 Å². The van der Waals surface area contributed by atoms with Gasteiger partial charge in [-0.15, -0.1) is 0 Å². The van der Waals surface area contributed by atoms with Crippen molar-refractivity contribution < 1.29 is 13.2 Å². The number of aliphatic imine (C=N–C) groups is 1. The van der Waals surface area contributed by atoms with Crippen molar-refractivity contribution in [3.63, 3.8) is 0 Å². The number of fused-ring (bicyclic) bond motifs is 2. The summed E-state index contributed by atoms with van der Waals surface area (Å²) in [5.41, 5.74) is 15.8. The molecule has 0 saturated heterocycles. The van der Waals surface area contributed by atoms with E-state index < -0.39 is 11.7 Å². The van der Waals surface area contributed by atoms with Crippen LogP contribution in [0.15, 0.2) is 133 Å². The molecule has 0 aliphatic heterocycles. The quantitative estimate of drug-likeness (QED) is 0.0691. The van der Waals surface area contributed by atoms with E-state index in [-0.39, 0.29) is 5.96 Å². The number of nitrogens with two attached hydrogens (primary N) is 2. The molecule has 0 unspecified atom stereocenters. The van der Waals surface area contributed by atoms with E-state index >= 15 is 0 Å². The highest BCUT2D eigenvalue weighted by molar-refractivity contribution is 5.86. The Hall–Kier alpha value is -5.25. The Morgan fingerprint density at radius 2 is 1.26 bits per heavy atom. The third-order valence-electron chi connectivity index (χ3n) is 8.78. The van der Waals surface area contributed by atoms with E-state index in [1.807, 2.05) is 18.2 Å². The zero-order valence-electron chi connectivity index (χ0n) is 27.9. The Balaban J connectivity index is 1.19. The highest BCUT2D eigenvalue weighted by atomic mass is 19.4. The fourth-order valence-electron chi connectivity index (χ4n) is 6.39. The molecule has 6 nitrogen and oxygen atoms in total. The zero-order chi connectivity index (χ0) is 34.9. The normalized spacial score (nSPS) is 11.9. The number of alkyl halides is 3. The maximum Gasteiger partial charge on any atom is 0.416 e. The van der Waals surface area contributed by atoms with Gasteiger partial charge in [0.2, 0.25) is 0 Å². The molecular weight excluding hydrogens is 633 g/mol. The number of pyridine rings is 1. The average molecular weight is 675 g/mol. The van der Waals surface area contributed by atoms with Crippen molar-refractivity contribution in [2.45, 2.75) is 45.3 Å². The molecule has 1 heterocycles. The summed E-state index contributed by atoms with van der Waals surface area (Å²) in [5, 5.41) is 4.76. The average Bonchev–Trinajstić information content (AvgIpc) is 3.10. The third kappa shape index (κ3) is 9.46. The third-order valence-corrected chi connectivity index (χ3v) is 8.78. The van der Waals surface area contributed by atoms with Gasteiger partial charge in [-0.25, -0.2) is 0 Å². The molecule has 6 aromatic rings. The molecule has 0 radical (unpaired) electrons. The van der Waals surface area contributed by atoms with Crippen LogP contribution in [-0.4, -0.2) is 33.8 Å². The largest absolute Gasteiger partial charge is 0.416 e. The van der Waals surface area contributed by atoms with Crippen LogP contribution < -0.4 is 11.5 Å². The molecule has 6 rings (SSSR count). The Morgan fingerprint density at radius 1 is 0.620 bits per heavy atom. The molecule has 0 spiro atoms. The minimum atomic E-state index is -4.36. The summed E-state index contributed by atoms with van der Waals surface area (Å²) < 4.78 is 39.5. The first-order chi connectivity index (χ1) is 24.2. The van der Waals surface area contributed by atoms with Gasteiger partial charge in [-0.2, -0.15) is 13.2 Å². The van der Waals surface area contributed by atoms with Gasteiger partial charge >= 0.3 is 6.18 Å². The smallest absolute Gasteiger partial charge is 0.370 e. The number of nitrogens with zero attached hydrogens (tertiary/aromatic N) is 4. The lowest BCUT2D eigenvalue weighted by molar-refractivity contribution is -0.137. The molecule has 0 atom stereocenters. The Morgan fingerprint density at radius 3 is 1.94 bits per heavy atom. The second-order valence-electron chi connectivity index (χ2n) is 12.7. The maximum atomic E-state index is 13.2. The van der Waals surface area contributed by atoms with Gasteiger partial charge in [0.05, 0.1) is 11.3 Å². The number of benzene rings is 5. The first-order valence-electron chi connectivity index (χ1n) is 16.7. The standard InChI is InChI=1S/C41H41F3N6/c42-41(43,44)37-18-14-30(15-19-37)25-50(29-38-10-3-4-20-47-38)27-32-13-17-34-23-31(12-16-35(34)24-32)26-49(22-6-21-48-40(45)46)28-36-9-5-8-33-7-1-2-11-39(33)36/h1-5,7-20,23-24H,6,21-22,25-29H2,(H4,45,46,48). The van der Waals surface area contributed by atoms with Crippen molar-refractivity contribution in [3.8, 4) is 0 Å². The zero-order valence-corrected chi connectivity index (χ0v) is 27.9. The lowest BCUT2D eigenvalue weighted by Crippen LogP contribution is -2.26. The van der Waals surface area contributed by atoms with Gasteiger partial charge in [0.1, 0.15) is 0 Å². The van der Waals surface area contributed by atoms with Crippen LogP contribution in [0.1, 0.15) is 39.9 Å². The van der Waals surface area contributed by atoms with E-state index in [1.165, 1.54) is 21.9 Å². The highest BCUT2D eigenvalue weighted by Gasteiger charge is 2.30. The monoisotopic (exact) mass is 674 g/mol. The molecule has 9 heteroatoms. The SMILES string of the molecule is NC(N)=NCCCN(Cc1ccc2cc(CN(Cc3ccc(C(F)(F)F)cc3)Cc3ccccn3)ccc2c1)Cc1cccc2ccccc12. The Kier molecular flexibility index (Phi) is 11.1. The van der Waals surface area contributed by atoms with E-state index in [1.54, 1.807) is 18.3 Å². The van der Waals surface area contributed by atoms with E-state index in [0.717, 1.165) is 65.8 Å². The van der Waals surface area contributed by atoms with Gasteiger partial charge in [0.15, 0.2) is 5.96 Å². The summed E-state index contributed by atoms with van der Waals surface area (Å²) in [4.78, 5) is 13.3. The summed E-state index contributed by atoms with van der Waals surface area (Å²) in [5.74, 6) is 0.110. The van der Waals surface area contributed by atoms with Gasteiger partial charge in [-0.3, -0.25) is 19.8 Å². The first-order valence-corrected chi connectivity index (χ1v) is 16.7. The van der Waals surface area contributed by atoms with Gasteiger partial charge in [0, 0.05) is 52.0 Å². The lowest BCUT2D eigenvalue weighted by Gasteiger charge is -2.24. The second-order valence-corrected chi connectivity index (χ2v) is 12.7. The molecule has 0 aliphatic rings. The van der Waals surface area contributed by atoms with E-state index in [2.05, 4.69) is 98.6 Å². The number of aromatic nitrogens is 1. The van der Waals surface area contributed by atoms with E-state index in [9.17, 15) is 13.2 Å². The molecule has 256 valence electrons. The molecule has 0 fully saturated rings. The summed E-state index contributed by atoms with van der Waals surface area (Å²) in [6.07, 6.45) is -1.77. The molecule has 50 heavy (non-hydrogen) atoms. The number of rotatable bonds is 14. The number of hydrogen-bond donors (Lipinski definition) is 2. The van der Waals surface area contributed by atoms with Crippen LogP contribution in [0.25, 0.3) is 21.5 Å². The van der Waals surface area contributed by atoms with Crippen LogP contribution in [0.5, 0.6) is 0 Å². The lowest BCUT2D eigenvalue weighted by atomic mass is 10.0. The first kappa shape index (κ1) is 34.6. The van der Waals surface area contributed by atoms with Crippen LogP contribution in [-0.2, 0) is 38.9 Å². The molecule has 0 amide bonds. The van der Waals surface area contributed by atoms with E-state index in [0.29, 0.717) is 26.2 Å². The van der Waals surface area contributed by atoms with Gasteiger partial charge in [-0.05, 0) is 86.6 Å². The van der Waals surface area contributed by atoms with Crippen molar-refractivity contribution in [2.24, 2.45) is 16.5 Å². The van der Waals surface area contributed by atoms with Crippen LogP contribution in [0, 0.1) is 0 Å². The van der Waals surface area contributed by atoms with Crippen molar-refractivity contribution in [2.75, 3.05) is 13.1 Å². The highest BCUT2D eigenvalue weighted by Crippen LogP contribution is 2.30. The van der Waals surface area contributed by atoms with Crippen molar-refractivity contribution in [1.29, 1.82) is 0 Å². The van der Waals surface area contributed by atoms with Crippen LogP contribution in [0.2, 0.25) is 0 Å². The topological polar surface area (TPSA) is 83.8 Å². The van der Waals surface area contributed by atoms with Crippen molar-refractivity contribution >= 4 is 27.5 Å². The summed E-state index contributed by atoms with van der Waals surface area (Å²) in [6.45, 7) is 4.64. The van der Waals surface area contributed by atoms with E-state index in [4.69, 9.17) is 11.5 Å². The van der Waals surface area contributed by atoms with Crippen LogP contribution >= 0.6 is 0 Å². The molecular formula is C41H41F3N6. The second kappa shape index (κ2) is 16.0. The summed E-state index contributed by atoms with van der Waals surface area (Å²) >= 11 is 0. The summed E-state index contributed by atoms with van der Waals surface area (Å²) in [7, 11) is 0. The molecule has 4 N–H and O–H groups in total. The predicted molar refractivity (Wildman–Crippen MR) is 196 cm³/mol. The number of guanidine groups is 1. The molecule has 5 aromatic carbocycles. The fraction of sp³-hybridized carbons (Fsp3) is 0.220. The maximum absolute atomic E-state index is 13.2. The van der Waals surface area contributed by atoms with Gasteiger partial charge in [-0.1, -0.05) is 84.9 Å². The van der Waals surface area contributed by atoms with Crippen molar-refractivity contribution in [1.82, 2.24) is 14.8 Å². The minimum absolute atomic E-state index is 0.110. The van der Waals surface area contributed by atoms with Crippen LogP contribution in [0.3, 0.4) is 0 Å². The van der Waals surface area contributed by atoms with Gasteiger partial charge in [0.25, 0.3) is 0 Å². The number of hydrogen-bond acceptors (Lipinski definition) is 4. The fourth-order valence-corrected chi connectivity index (χ4v) is 6.39. The van der Waals surface area contributed by atoms with Crippen LogP contribution in [0.4, 0.5) is 13.2 Å². The van der Waals surface area contributed by atoms with Crippen molar-refractivity contribution in [3.05, 3.63) is 161 Å². The Bertz CT molecular complexity index is 2040. The summed E-state index contributed by atoms with van der Waals surface area (Å²) in [6, 6.07) is 39.2. The molecule has 0 bridgehead atoms. The predicted octanol–water partition coefficient (Wildman–Crippen LogP) is 8.27. The number of halogens is 3. The Labute approximate surface area is 290 Å². The molecule has 0 saturated carbocycles. The minimum Gasteiger partial charge on any atom is -0.370 e. The molecule has 1 aromatic heterocycles.